The predicted molar refractivity (Wildman–Crippen MR) is 118 cm³/mol. The first kappa shape index (κ1) is 23.3. The first-order chi connectivity index (χ1) is 15.2. The number of hydrogen-bond acceptors (Lipinski definition) is 7. The van der Waals surface area contributed by atoms with Crippen molar-refractivity contribution in [3.05, 3.63) is 23.4 Å². The largest absolute Gasteiger partial charge is 0.474 e. The standard InChI is InChI=1S/C22H33N3O6S/c1-14-4-9-20-23-21(14)16-5-7-17(8-6-16)31-13-19-18(24-32(3,27)28)12-15(2)25(19)22(26)30-11-10-29-20/h4,9,15-19,24H,5-8,10-13H2,1-3H3/t15-,16?,17?,18+,19+/m1/s1. The van der Waals surface area contributed by atoms with Crippen molar-refractivity contribution in [3.63, 3.8) is 0 Å². The summed E-state index contributed by atoms with van der Waals surface area (Å²) in [7, 11) is -3.42. The van der Waals surface area contributed by atoms with E-state index in [-0.39, 0.29) is 32.0 Å². The fraction of sp³-hybridized carbons (Fsp3) is 0.727. The molecule has 0 unspecified atom stereocenters. The zero-order valence-electron chi connectivity index (χ0n) is 19.0. The van der Waals surface area contributed by atoms with Crippen molar-refractivity contribution in [3.8, 4) is 5.88 Å². The van der Waals surface area contributed by atoms with Crippen LogP contribution in [0.4, 0.5) is 4.79 Å². The molecule has 1 amide bonds. The Kier molecular flexibility index (Phi) is 6.92. The lowest BCUT2D eigenvalue weighted by atomic mass is 9.83. The molecule has 0 spiro atoms. The van der Waals surface area contributed by atoms with Gasteiger partial charge in [-0.25, -0.2) is 22.9 Å². The van der Waals surface area contributed by atoms with E-state index in [1.165, 1.54) is 0 Å². The Balaban J connectivity index is 1.55. The molecule has 4 heterocycles. The number of amides is 1. The number of nitrogens with one attached hydrogen (secondary N) is 1. The van der Waals surface area contributed by atoms with Crippen LogP contribution < -0.4 is 9.46 Å². The Hall–Kier alpha value is -1.91. The van der Waals surface area contributed by atoms with Gasteiger partial charge in [0.1, 0.15) is 13.2 Å². The van der Waals surface area contributed by atoms with E-state index in [0.717, 1.165) is 43.2 Å². The van der Waals surface area contributed by atoms with Gasteiger partial charge in [0, 0.05) is 24.1 Å². The van der Waals surface area contributed by atoms with Crippen LogP contribution in [0, 0.1) is 6.92 Å². The fourth-order valence-corrected chi connectivity index (χ4v) is 5.98. The molecule has 1 aromatic heterocycles. The second-order valence-electron chi connectivity index (χ2n) is 9.18. The van der Waals surface area contributed by atoms with Gasteiger partial charge in [0.15, 0.2) is 0 Å². The van der Waals surface area contributed by atoms with E-state index in [1.807, 2.05) is 19.1 Å². The molecule has 9 nitrogen and oxygen atoms in total. The summed E-state index contributed by atoms with van der Waals surface area (Å²) in [5.74, 6) is 0.906. The summed E-state index contributed by atoms with van der Waals surface area (Å²) >= 11 is 0. The molecule has 2 fully saturated rings. The lowest BCUT2D eigenvalue weighted by Gasteiger charge is -2.33. The van der Waals surface area contributed by atoms with Gasteiger partial charge in [0.05, 0.1) is 30.7 Å². The molecular weight excluding hydrogens is 434 g/mol. The van der Waals surface area contributed by atoms with Crippen molar-refractivity contribution in [2.24, 2.45) is 0 Å². The number of sulfonamides is 1. The van der Waals surface area contributed by atoms with Gasteiger partial charge < -0.3 is 14.2 Å². The van der Waals surface area contributed by atoms with E-state index in [4.69, 9.17) is 19.2 Å². The SMILES string of the molecule is Cc1ccc2nc1C1CCC(CC1)OC[C@H]1[C@@H](NS(C)(=O)=O)C[C@@H](C)N1C(=O)OCCO2. The average molecular weight is 468 g/mol. The van der Waals surface area contributed by atoms with E-state index >= 15 is 0 Å². The van der Waals surface area contributed by atoms with Crippen LogP contribution in [0.15, 0.2) is 12.1 Å². The molecule has 1 aliphatic carbocycles. The number of carbonyl (C=O) groups is 1. The molecule has 1 saturated carbocycles. The molecular formula is C22H33N3O6S. The lowest BCUT2D eigenvalue weighted by molar-refractivity contribution is -0.0118. The lowest BCUT2D eigenvalue weighted by Crippen LogP contribution is -2.50. The maximum Gasteiger partial charge on any atom is 0.410 e. The minimum absolute atomic E-state index is 0.0755. The highest BCUT2D eigenvalue weighted by Crippen LogP contribution is 2.36. The van der Waals surface area contributed by atoms with Crippen molar-refractivity contribution >= 4 is 16.1 Å². The van der Waals surface area contributed by atoms with Crippen LogP contribution in [0.25, 0.3) is 0 Å². The fourth-order valence-electron chi connectivity index (χ4n) is 5.18. The van der Waals surface area contributed by atoms with Crippen LogP contribution in [0.2, 0.25) is 0 Å². The zero-order valence-corrected chi connectivity index (χ0v) is 19.8. The van der Waals surface area contributed by atoms with E-state index in [1.54, 1.807) is 4.90 Å². The molecule has 10 heteroatoms. The normalized spacial score (nSPS) is 31.7. The van der Waals surface area contributed by atoms with Gasteiger partial charge in [0.25, 0.3) is 0 Å². The second kappa shape index (κ2) is 9.52. The number of fused-ring (bicyclic) bond motifs is 7. The molecule has 0 aromatic carbocycles. The molecule has 0 radical (unpaired) electrons. The first-order valence-corrected chi connectivity index (χ1v) is 13.2. The highest BCUT2D eigenvalue weighted by molar-refractivity contribution is 7.88. The van der Waals surface area contributed by atoms with Gasteiger partial charge >= 0.3 is 6.09 Å². The molecule has 4 bridgehead atoms. The maximum atomic E-state index is 12.9. The molecule has 4 aliphatic rings. The van der Waals surface area contributed by atoms with Crippen molar-refractivity contribution in [2.75, 3.05) is 26.1 Å². The molecule has 1 aromatic rings. The van der Waals surface area contributed by atoms with Crippen LogP contribution in [0.3, 0.4) is 0 Å². The number of carbonyl (C=O) groups excluding carboxylic acids is 1. The van der Waals surface area contributed by atoms with Gasteiger partial charge in [-0.15, -0.1) is 0 Å². The molecule has 3 atom stereocenters. The van der Waals surface area contributed by atoms with E-state index in [9.17, 15) is 13.2 Å². The van der Waals surface area contributed by atoms with E-state index in [0.29, 0.717) is 18.2 Å². The van der Waals surface area contributed by atoms with Gasteiger partial charge in [-0.3, -0.25) is 4.90 Å². The van der Waals surface area contributed by atoms with Crippen molar-refractivity contribution in [2.45, 2.75) is 76.1 Å². The first-order valence-electron chi connectivity index (χ1n) is 11.4. The van der Waals surface area contributed by atoms with Gasteiger partial charge in [0.2, 0.25) is 15.9 Å². The van der Waals surface area contributed by atoms with Crippen molar-refractivity contribution in [1.29, 1.82) is 0 Å². The maximum absolute atomic E-state index is 12.9. The Morgan fingerprint density at radius 2 is 1.84 bits per heavy atom. The number of rotatable bonds is 2. The molecule has 5 rings (SSSR count). The number of aryl methyl sites for hydroxylation is 1. The summed E-state index contributed by atoms with van der Waals surface area (Å²) in [6.45, 7) is 4.51. The minimum atomic E-state index is -3.42. The second-order valence-corrected chi connectivity index (χ2v) is 11.0. The minimum Gasteiger partial charge on any atom is -0.474 e. The highest BCUT2D eigenvalue weighted by Gasteiger charge is 2.44. The Labute approximate surface area is 189 Å². The molecule has 3 aliphatic heterocycles. The monoisotopic (exact) mass is 467 g/mol. The number of aromatic nitrogens is 1. The van der Waals surface area contributed by atoms with Crippen LogP contribution in [0.1, 0.15) is 56.2 Å². The van der Waals surface area contributed by atoms with E-state index in [2.05, 4.69) is 11.6 Å². The summed E-state index contributed by atoms with van der Waals surface area (Å²) in [6.07, 6.45) is 4.97. The van der Waals surface area contributed by atoms with Gasteiger partial charge in [-0.1, -0.05) is 6.07 Å². The van der Waals surface area contributed by atoms with Gasteiger partial charge in [-0.05, 0) is 51.5 Å². The predicted octanol–water partition coefficient (Wildman–Crippen LogP) is 2.34. The van der Waals surface area contributed by atoms with E-state index < -0.39 is 28.2 Å². The smallest absolute Gasteiger partial charge is 0.410 e. The Bertz CT molecular complexity index is 932. The Morgan fingerprint density at radius 1 is 1.12 bits per heavy atom. The van der Waals surface area contributed by atoms with Crippen LogP contribution in [-0.4, -0.2) is 74.7 Å². The summed E-state index contributed by atoms with van der Waals surface area (Å²) in [4.78, 5) is 19.2. The quantitative estimate of drug-likeness (QED) is 0.711. The van der Waals surface area contributed by atoms with Gasteiger partial charge in [-0.2, -0.15) is 0 Å². The third kappa shape index (κ3) is 5.35. The molecule has 1 N–H and O–H groups in total. The van der Waals surface area contributed by atoms with Crippen LogP contribution >= 0.6 is 0 Å². The summed E-state index contributed by atoms with van der Waals surface area (Å²) in [5.41, 5.74) is 2.22. The molecule has 178 valence electrons. The third-order valence-electron chi connectivity index (χ3n) is 6.70. The summed E-state index contributed by atoms with van der Waals surface area (Å²) in [6, 6.07) is 2.87. The third-order valence-corrected chi connectivity index (χ3v) is 7.43. The van der Waals surface area contributed by atoms with Crippen molar-refractivity contribution < 1.29 is 27.4 Å². The number of nitrogens with zero attached hydrogens (tertiary/aromatic N) is 2. The summed E-state index contributed by atoms with van der Waals surface area (Å²) in [5, 5.41) is 0. The average Bonchev–Trinajstić information content (AvgIpc) is 3.03. The van der Waals surface area contributed by atoms with Crippen molar-refractivity contribution in [1.82, 2.24) is 14.6 Å². The number of hydrogen-bond donors (Lipinski definition) is 1. The Morgan fingerprint density at radius 3 is 2.56 bits per heavy atom. The van der Waals surface area contributed by atoms with Crippen LogP contribution in [0.5, 0.6) is 5.88 Å². The molecule has 32 heavy (non-hydrogen) atoms. The topological polar surface area (TPSA) is 107 Å². The summed E-state index contributed by atoms with van der Waals surface area (Å²) < 4.78 is 44.0. The molecule has 1 saturated heterocycles. The zero-order chi connectivity index (χ0) is 22.9. The highest BCUT2D eigenvalue weighted by atomic mass is 32.2. The van der Waals surface area contributed by atoms with Crippen LogP contribution in [-0.2, 0) is 19.5 Å². The number of pyridine rings is 1. The number of ether oxygens (including phenoxy) is 3.